The van der Waals surface area contributed by atoms with E-state index in [9.17, 15) is 9.59 Å². The molecule has 0 radical (unpaired) electrons. The maximum absolute atomic E-state index is 13.1. The number of hydrogen-bond donors (Lipinski definition) is 0. The molecule has 140 valence electrons. The van der Waals surface area contributed by atoms with Gasteiger partial charge in [-0.25, -0.2) is 0 Å². The topological polar surface area (TPSA) is 40.6 Å². The quantitative estimate of drug-likeness (QED) is 0.821. The van der Waals surface area contributed by atoms with Gasteiger partial charge in [0.25, 0.3) is 5.91 Å². The molecule has 2 aromatic rings. The van der Waals surface area contributed by atoms with Crippen LogP contribution in [-0.2, 0) is 17.8 Å². The van der Waals surface area contributed by atoms with E-state index in [0.29, 0.717) is 18.7 Å². The van der Waals surface area contributed by atoms with Crippen LogP contribution < -0.4 is 0 Å². The van der Waals surface area contributed by atoms with Crippen LogP contribution in [0.2, 0.25) is 0 Å². The summed E-state index contributed by atoms with van der Waals surface area (Å²) in [5.74, 6) is 0.154. The zero-order valence-corrected chi connectivity index (χ0v) is 15.9. The van der Waals surface area contributed by atoms with Gasteiger partial charge in [0.1, 0.15) is 0 Å². The number of amides is 2. The zero-order valence-electron chi connectivity index (χ0n) is 15.9. The Labute approximate surface area is 160 Å². The van der Waals surface area contributed by atoms with E-state index in [2.05, 4.69) is 18.2 Å². The Bertz CT molecular complexity index is 844. The molecule has 0 saturated carbocycles. The molecule has 1 atom stereocenters. The molecule has 27 heavy (non-hydrogen) atoms. The van der Waals surface area contributed by atoms with Crippen LogP contribution in [0.25, 0.3) is 0 Å². The van der Waals surface area contributed by atoms with Crippen LogP contribution in [0, 0.1) is 12.8 Å². The normalized spacial score (nSPS) is 19.5. The highest BCUT2D eigenvalue weighted by atomic mass is 16.2. The minimum absolute atomic E-state index is 0.0384. The molecule has 0 aliphatic carbocycles. The summed E-state index contributed by atoms with van der Waals surface area (Å²) in [6, 6.07) is 16.1. The molecule has 1 fully saturated rings. The van der Waals surface area contributed by atoms with Crippen molar-refractivity contribution in [1.82, 2.24) is 9.80 Å². The molecule has 2 aliphatic rings. The summed E-state index contributed by atoms with van der Waals surface area (Å²) in [6.07, 6.45) is 2.67. The minimum atomic E-state index is -0.0848. The summed E-state index contributed by atoms with van der Waals surface area (Å²) >= 11 is 0. The molecular formula is C23H26N2O2. The molecule has 2 aromatic carbocycles. The lowest BCUT2D eigenvalue weighted by atomic mass is 9.93. The first-order valence-corrected chi connectivity index (χ1v) is 9.83. The number of carbonyl (C=O) groups excluding carboxylic acids is 2. The van der Waals surface area contributed by atoms with Crippen LogP contribution in [0.4, 0.5) is 0 Å². The molecule has 0 bridgehead atoms. The van der Waals surface area contributed by atoms with Crippen LogP contribution >= 0.6 is 0 Å². The van der Waals surface area contributed by atoms with E-state index in [1.807, 2.05) is 47.1 Å². The molecular weight excluding hydrogens is 336 g/mol. The number of carbonyl (C=O) groups is 2. The number of likely N-dealkylation sites (tertiary alicyclic amines) is 1. The molecule has 4 rings (SSSR count). The monoisotopic (exact) mass is 362 g/mol. The minimum Gasteiger partial charge on any atom is -0.338 e. The molecule has 1 unspecified atom stereocenters. The fourth-order valence-corrected chi connectivity index (χ4v) is 4.18. The smallest absolute Gasteiger partial charge is 0.253 e. The fourth-order valence-electron chi connectivity index (χ4n) is 4.18. The van der Waals surface area contributed by atoms with Gasteiger partial charge in [0.05, 0.1) is 5.92 Å². The molecule has 0 aromatic heterocycles. The van der Waals surface area contributed by atoms with Crippen LogP contribution in [0.3, 0.4) is 0 Å². The van der Waals surface area contributed by atoms with Gasteiger partial charge >= 0.3 is 0 Å². The number of piperidine rings is 1. The highest BCUT2D eigenvalue weighted by molar-refractivity contribution is 5.94. The third kappa shape index (κ3) is 3.75. The highest BCUT2D eigenvalue weighted by Crippen LogP contribution is 2.25. The highest BCUT2D eigenvalue weighted by Gasteiger charge is 2.32. The zero-order chi connectivity index (χ0) is 18.8. The number of benzene rings is 2. The molecule has 2 heterocycles. The maximum atomic E-state index is 13.1. The van der Waals surface area contributed by atoms with E-state index >= 15 is 0 Å². The number of rotatable bonds is 2. The van der Waals surface area contributed by atoms with Crippen molar-refractivity contribution in [2.24, 2.45) is 5.92 Å². The average molecular weight is 362 g/mol. The summed E-state index contributed by atoms with van der Waals surface area (Å²) in [4.78, 5) is 29.8. The number of nitrogens with zero attached hydrogens (tertiary/aromatic N) is 2. The Hall–Kier alpha value is -2.62. The second kappa shape index (κ2) is 7.55. The van der Waals surface area contributed by atoms with Gasteiger partial charge < -0.3 is 9.80 Å². The van der Waals surface area contributed by atoms with Crippen molar-refractivity contribution < 1.29 is 9.59 Å². The molecule has 4 nitrogen and oxygen atoms in total. The molecule has 0 spiro atoms. The van der Waals surface area contributed by atoms with Gasteiger partial charge in [-0.15, -0.1) is 0 Å². The maximum Gasteiger partial charge on any atom is 0.253 e. The molecule has 2 amide bonds. The van der Waals surface area contributed by atoms with Gasteiger partial charge in [-0.05, 0) is 49.4 Å². The summed E-state index contributed by atoms with van der Waals surface area (Å²) in [7, 11) is 0. The van der Waals surface area contributed by atoms with Crippen molar-refractivity contribution in [2.45, 2.75) is 32.7 Å². The van der Waals surface area contributed by atoms with Crippen molar-refractivity contribution in [2.75, 3.05) is 19.6 Å². The Kier molecular flexibility index (Phi) is 4.97. The van der Waals surface area contributed by atoms with Crippen molar-refractivity contribution in [3.8, 4) is 0 Å². The van der Waals surface area contributed by atoms with Crippen molar-refractivity contribution in [3.05, 3.63) is 70.8 Å². The summed E-state index contributed by atoms with van der Waals surface area (Å²) < 4.78 is 0. The molecule has 1 saturated heterocycles. The Balaban J connectivity index is 1.43. The van der Waals surface area contributed by atoms with Gasteiger partial charge in [0.2, 0.25) is 5.91 Å². The summed E-state index contributed by atoms with van der Waals surface area (Å²) in [6.45, 7) is 4.75. The first-order valence-electron chi connectivity index (χ1n) is 9.83. The predicted molar refractivity (Wildman–Crippen MR) is 105 cm³/mol. The lowest BCUT2D eigenvalue weighted by Crippen LogP contribution is -2.47. The van der Waals surface area contributed by atoms with Crippen LogP contribution in [0.15, 0.2) is 48.5 Å². The Morgan fingerprint density at radius 1 is 0.926 bits per heavy atom. The Morgan fingerprint density at radius 3 is 2.44 bits per heavy atom. The summed E-state index contributed by atoms with van der Waals surface area (Å²) in [5, 5.41) is 0. The lowest BCUT2D eigenvalue weighted by Gasteiger charge is -2.36. The van der Waals surface area contributed by atoms with Gasteiger partial charge in [-0.3, -0.25) is 9.59 Å². The van der Waals surface area contributed by atoms with E-state index in [0.717, 1.165) is 37.9 Å². The van der Waals surface area contributed by atoms with E-state index in [1.165, 1.54) is 11.1 Å². The van der Waals surface area contributed by atoms with Gasteiger partial charge in [0.15, 0.2) is 0 Å². The third-order valence-corrected chi connectivity index (χ3v) is 5.80. The average Bonchev–Trinajstić information content (AvgIpc) is 2.73. The van der Waals surface area contributed by atoms with E-state index in [-0.39, 0.29) is 17.7 Å². The van der Waals surface area contributed by atoms with Crippen LogP contribution in [-0.4, -0.2) is 41.2 Å². The number of aryl methyl sites for hydroxylation is 1. The SMILES string of the molecule is Cc1ccc(C(=O)N2CCCC(C(=O)N3CCc4ccccc4C3)C2)cc1. The first kappa shape index (κ1) is 17.8. The van der Waals surface area contributed by atoms with E-state index < -0.39 is 0 Å². The molecule has 2 aliphatic heterocycles. The largest absolute Gasteiger partial charge is 0.338 e. The van der Waals surface area contributed by atoms with E-state index in [4.69, 9.17) is 0 Å². The molecule has 0 N–H and O–H groups in total. The second-order valence-corrected chi connectivity index (χ2v) is 7.73. The summed E-state index contributed by atoms with van der Waals surface area (Å²) in [5.41, 5.74) is 4.45. The van der Waals surface area contributed by atoms with Gasteiger partial charge in [0, 0.05) is 31.7 Å². The molecule has 4 heteroatoms. The van der Waals surface area contributed by atoms with Crippen molar-refractivity contribution >= 4 is 11.8 Å². The van der Waals surface area contributed by atoms with Gasteiger partial charge in [-0.2, -0.15) is 0 Å². The second-order valence-electron chi connectivity index (χ2n) is 7.73. The van der Waals surface area contributed by atoms with Crippen LogP contribution in [0.5, 0.6) is 0 Å². The standard InChI is InChI=1S/C23H26N2O2/c1-17-8-10-19(11-9-17)22(26)24-13-4-7-21(16-24)23(27)25-14-12-18-5-2-3-6-20(18)15-25/h2-3,5-6,8-11,21H,4,7,12-16H2,1H3. The Morgan fingerprint density at radius 2 is 1.67 bits per heavy atom. The van der Waals surface area contributed by atoms with Gasteiger partial charge in [-0.1, -0.05) is 42.0 Å². The lowest BCUT2D eigenvalue weighted by molar-refractivity contribution is -0.137. The van der Waals surface area contributed by atoms with Crippen molar-refractivity contribution in [3.63, 3.8) is 0 Å². The fraction of sp³-hybridized carbons (Fsp3) is 0.391. The van der Waals surface area contributed by atoms with Crippen LogP contribution in [0.1, 0.15) is 39.9 Å². The number of fused-ring (bicyclic) bond motifs is 1. The van der Waals surface area contributed by atoms with Crippen molar-refractivity contribution in [1.29, 1.82) is 0 Å². The third-order valence-electron chi connectivity index (χ3n) is 5.80. The number of hydrogen-bond acceptors (Lipinski definition) is 2. The first-order chi connectivity index (χ1) is 13.1. The predicted octanol–water partition coefficient (Wildman–Crippen LogP) is 3.43. The van der Waals surface area contributed by atoms with E-state index in [1.54, 1.807) is 0 Å².